The first kappa shape index (κ1) is 9.72. The van der Waals surface area contributed by atoms with Crippen molar-refractivity contribution in [3.63, 3.8) is 0 Å². The lowest BCUT2D eigenvalue weighted by Gasteiger charge is -2.08. The van der Waals surface area contributed by atoms with Crippen molar-refractivity contribution in [3.05, 3.63) is 0 Å². The second kappa shape index (κ2) is 4.61. The third-order valence-corrected chi connectivity index (χ3v) is 2.49. The van der Waals surface area contributed by atoms with Crippen molar-refractivity contribution in [1.29, 1.82) is 0 Å². The van der Waals surface area contributed by atoms with Crippen LogP contribution in [0.15, 0.2) is 0 Å². The van der Waals surface area contributed by atoms with E-state index in [9.17, 15) is 4.79 Å². The molecule has 12 heavy (non-hydrogen) atoms. The molecule has 1 atom stereocenters. The topological polar surface area (TPSA) is 26.3 Å². The molecule has 0 aromatic carbocycles. The number of ether oxygens (including phenoxy) is 1. The highest BCUT2D eigenvalue weighted by Crippen LogP contribution is 2.33. The van der Waals surface area contributed by atoms with Gasteiger partial charge in [-0.05, 0) is 25.2 Å². The number of carbonyl (C=O) groups is 1. The molecule has 1 aliphatic carbocycles. The number of hydrogen-bond donors (Lipinski definition) is 0. The van der Waals surface area contributed by atoms with E-state index < -0.39 is 0 Å². The molecule has 1 rings (SSSR count). The van der Waals surface area contributed by atoms with Gasteiger partial charge in [0.25, 0.3) is 0 Å². The predicted octanol–water partition coefficient (Wildman–Crippen LogP) is 2.03. The molecule has 0 N–H and O–H groups in total. The maximum absolute atomic E-state index is 11.4. The van der Waals surface area contributed by atoms with Gasteiger partial charge in [0.2, 0.25) is 0 Å². The molecule has 0 aromatic heterocycles. The fourth-order valence-electron chi connectivity index (χ4n) is 1.26. The van der Waals surface area contributed by atoms with E-state index in [1.165, 1.54) is 12.8 Å². The van der Waals surface area contributed by atoms with E-state index in [-0.39, 0.29) is 5.92 Å². The molecule has 1 unspecified atom stereocenters. The van der Waals surface area contributed by atoms with Gasteiger partial charge in [-0.2, -0.15) is 0 Å². The molecule has 0 radical (unpaired) electrons. The number of hydrogen-bond acceptors (Lipinski definition) is 2. The molecule has 0 amide bonds. The zero-order valence-electron chi connectivity index (χ0n) is 8.01. The molecule has 0 aliphatic heterocycles. The largest absolute Gasteiger partial charge is 0.385 e. The number of rotatable bonds is 6. The van der Waals surface area contributed by atoms with Gasteiger partial charge >= 0.3 is 0 Å². The van der Waals surface area contributed by atoms with Crippen molar-refractivity contribution in [2.45, 2.75) is 32.6 Å². The molecular weight excluding hydrogens is 152 g/mol. The van der Waals surface area contributed by atoms with Crippen LogP contribution in [-0.4, -0.2) is 19.5 Å². The number of carbonyl (C=O) groups excluding carboxylic acids is 1. The number of methoxy groups -OCH3 is 1. The van der Waals surface area contributed by atoms with Crippen molar-refractivity contribution in [2.75, 3.05) is 13.7 Å². The lowest BCUT2D eigenvalue weighted by molar-refractivity contribution is -0.123. The molecule has 1 fully saturated rings. The van der Waals surface area contributed by atoms with Gasteiger partial charge in [-0.3, -0.25) is 4.79 Å². The van der Waals surface area contributed by atoms with E-state index in [1.54, 1.807) is 7.11 Å². The summed E-state index contributed by atoms with van der Waals surface area (Å²) in [4.78, 5) is 11.4. The maximum Gasteiger partial charge on any atom is 0.136 e. The van der Waals surface area contributed by atoms with E-state index in [0.717, 1.165) is 18.8 Å². The summed E-state index contributed by atoms with van der Waals surface area (Å²) in [5.74, 6) is 1.35. The fraction of sp³-hybridized carbons (Fsp3) is 0.900. The van der Waals surface area contributed by atoms with E-state index in [0.29, 0.717) is 12.4 Å². The van der Waals surface area contributed by atoms with Crippen LogP contribution in [0.1, 0.15) is 32.6 Å². The summed E-state index contributed by atoms with van der Waals surface area (Å²) < 4.78 is 4.93. The Balaban J connectivity index is 2.11. The SMILES string of the molecule is COCCC(C)C(=O)CC1CC1. The standard InChI is InChI=1S/C10H18O2/c1-8(5-6-12-2)10(11)7-9-3-4-9/h8-9H,3-7H2,1-2H3. The van der Waals surface area contributed by atoms with E-state index in [4.69, 9.17) is 4.74 Å². The Bertz CT molecular complexity index is 150. The minimum absolute atomic E-state index is 0.200. The van der Waals surface area contributed by atoms with Crippen LogP contribution < -0.4 is 0 Å². The van der Waals surface area contributed by atoms with Gasteiger partial charge in [0.05, 0.1) is 0 Å². The summed E-state index contributed by atoms with van der Waals surface area (Å²) in [6.45, 7) is 2.71. The van der Waals surface area contributed by atoms with Crippen LogP contribution in [0.2, 0.25) is 0 Å². The number of ketones is 1. The van der Waals surface area contributed by atoms with Gasteiger partial charge in [-0.25, -0.2) is 0 Å². The number of Topliss-reactive ketones (excluding diaryl/α,β-unsaturated/α-hetero) is 1. The van der Waals surface area contributed by atoms with Crippen LogP contribution in [-0.2, 0) is 9.53 Å². The van der Waals surface area contributed by atoms with Crippen LogP contribution in [0, 0.1) is 11.8 Å². The third kappa shape index (κ3) is 3.35. The molecule has 0 aromatic rings. The van der Waals surface area contributed by atoms with Gasteiger partial charge in [0.15, 0.2) is 0 Å². The molecule has 0 bridgehead atoms. The first-order valence-corrected chi connectivity index (χ1v) is 4.75. The van der Waals surface area contributed by atoms with Crippen LogP contribution in [0.25, 0.3) is 0 Å². The second-order valence-electron chi connectivity index (χ2n) is 3.80. The zero-order valence-corrected chi connectivity index (χ0v) is 8.01. The Morgan fingerprint density at radius 1 is 1.58 bits per heavy atom. The van der Waals surface area contributed by atoms with Gasteiger partial charge in [0, 0.05) is 26.1 Å². The summed E-state index contributed by atoms with van der Waals surface area (Å²) in [6, 6.07) is 0. The Kier molecular flexibility index (Phi) is 3.73. The smallest absolute Gasteiger partial charge is 0.136 e. The van der Waals surface area contributed by atoms with Crippen molar-refractivity contribution in [2.24, 2.45) is 11.8 Å². The first-order valence-electron chi connectivity index (χ1n) is 4.75. The highest BCUT2D eigenvalue weighted by atomic mass is 16.5. The fourth-order valence-corrected chi connectivity index (χ4v) is 1.26. The lowest BCUT2D eigenvalue weighted by atomic mass is 9.99. The average molecular weight is 170 g/mol. The lowest BCUT2D eigenvalue weighted by Crippen LogP contribution is -2.13. The van der Waals surface area contributed by atoms with E-state index >= 15 is 0 Å². The molecule has 2 nitrogen and oxygen atoms in total. The van der Waals surface area contributed by atoms with Crippen LogP contribution in [0.4, 0.5) is 0 Å². The summed E-state index contributed by atoms with van der Waals surface area (Å²) in [5, 5.41) is 0. The van der Waals surface area contributed by atoms with E-state index in [2.05, 4.69) is 0 Å². The summed E-state index contributed by atoms with van der Waals surface area (Å²) >= 11 is 0. The van der Waals surface area contributed by atoms with Gasteiger partial charge in [-0.1, -0.05) is 6.92 Å². The Hall–Kier alpha value is -0.370. The summed E-state index contributed by atoms with van der Waals surface area (Å²) in [6.07, 6.45) is 4.22. The van der Waals surface area contributed by atoms with Gasteiger partial charge < -0.3 is 4.74 Å². The average Bonchev–Trinajstić information content (AvgIpc) is 2.83. The third-order valence-electron chi connectivity index (χ3n) is 2.49. The molecule has 0 heterocycles. The van der Waals surface area contributed by atoms with Crippen LogP contribution >= 0.6 is 0 Å². The maximum atomic E-state index is 11.4. The first-order chi connectivity index (χ1) is 5.74. The molecular formula is C10H18O2. The van der Waals surface area contributed by atoms with Gasteiger partial charge in [-0.15, -0.1) is 0 Å². The Labute approximate surface area is 74.3 Å². The normalized spacial score (nSPS) is 19.2. The Morgan fingerprint density at radius 3 is 2.75 bits per heavy atom. The van der Waals surface area contributed by atoms with Crippen LogP contribution in [0.3, 0.4) is 0 Å². The molecule has 1 aliphatic rings. The highest BCUT2D eigenvalue weighted by molar-refractivity contribution is 5.81. The van der Waals surface area contributed by atoms with E-state index in [1.807, 2.05) is 6.92 Å². The van der Waals surface area contributed by atoms with Crippen molar-refractivity contribution >= 4 is 5.78 Å². The molecule has 70 valence electrons. The molecule has 0 saturated heterocycles. The quantitative estimate of drug-likeness (QED) is 0.609. The monoisotopic (exact) mass is 170 g/mol. The molecule has 2 heteroatoms. The molecule has 0 spiro atoms. The predicted molar refractivity (Wildman–Crippen MR) is 48.0 cm³/mol. The Morgan fingerprint density at radius 2 is 2.25 bits per heavy atom. The summed E-state index contributed by atoms with van der Waals surface area (Å²) in [7, 11) is 1.68. The second-order valence-corrected chi connectivity index (χ2v) is 3.80. The summed E-state index contributed by atoms with van der Waals surface area (Å²) in [5.41, 5.74) is 0. The van der Waals surface area contributed by atoms with Crippen molar-refractivity contribution in [1.82, 2.24) is 0 Å². The zero-order chi connectivity index (χ0) is 8.97. The minimum Gasteiger partial charge on any atom is -0.385 e. The highest BCUT2D eigenvalue weighted by Gasteiger charge is 2.26. The van der Waals surface area contributed by atoms with Crippen LogP contribution in [0.5, 0.6) is 0 Å². The van der Waals surface area contributed by atoms with Crippen molar-refractivity contribution in [3.8, 4) is 0 Å². The molecule has 1 saturated carbocycles. The van der Waals surface area contributed by atoms with Gasteiger partial charge in [0.1, 0.15) is 5.78 Å². The minimum atomic E-state index is 0.200. The van der Waals surface area contributed by atoms with Crippen molar-refractivity contribution < 1.29 is 9.53 Å².